The zero-order chi connectivity index (χ0) is 27.9. The Labute approximate surface area is 232 Å². The Balaban J connectivity index is 2.06. The number of amides is 2. The molecule has 0 aromatic heterocycles. The number of methoxy groups -OCH3 is 1. The summed E-state index contributed by atoms with van der Waals surface area (Å²) in [5.74, 6) is -0.580. The van der Waals surface area contributed by atoms with Gasteiger partial charge in [0.25, 0.3) is 10.0 Å². The molecule has 0 aliphatic heterocycles. The fourth-order valence-electron chi connectivity index (χ4n) is 3.89. The third-order valence-electron chi connectivity index (χ3n) is 5.80. The lowest BCUT2D eigenvalue weighted by molar-refractivity contribution is -0.139. The minimum Gasteiger partial charge on any atom is -0.495 e. The molecule has 0 aliphatic carbocycles. The number of sulfonamides is 1. The summed E-state index contributed by atoms with van der Waals surface area (Å²) in [6.07, 6.45) is 0. The van der Waals surface area contributed by atoms with E-state index in [4.69, 9.17) is 4.74 Å². The molecule has 0 spiro atoms. The van der Waals surface area contributed by atoms with Crippen LogP contribution in [0.4, 0.5) is 5.69 Å². The van der Waals surface area contributed by atoms with Crippen LogP contribution in [-0.2, 0) is 26.2 Å². The van der Waals surface area contributed by atoms with Gasteiger partial charge in [0, 0.05) is 17.1 Å². The van der Waals surface area contributed by atoms with Crippen LogP contribution in [0.2, 0.25) is 0 Å². The number of nitrogens with one attached hydrogen (secondary N) is 1. The maximum atomic E-state index is 13.9. The van der Waals surface area contributed by atoms with Gasteiger partial charge in [-0.25, -0.2) is 8.42 Å². The number of hydrogen-bond acceptors (Lipinski definition) is 5. The Bertz CT molecular complexity index is 1370. The molecule has 202 valence electrons. The van der Waals surface area contributed by atoms with Crippen molar-refractivity contribution in [1.82, 2.24) is 10.2 Å². The molecule has 0 heterocycles. The van der Waals surface area contributed by atoms with Crippen molar-refractivity contribution in [2.45, 2.75) is 44.3 Å². The van der Waals surface area contributed by atoms with Gasteiger partial charge in [-0.2, -0.15) is 0 Å². The molecule has 0 unspecified atom stereocenters. The van der Waals surface area contributed by atoms with Gasteiger partial charge in [-0.3, -0.25) is 13.9 Å². The number of halogens is 1. The van der Waals surface area contributed by atoms with E-state index in [0.29, 0.717) is 5.75 Å². The molecule has 1 N–H and O–H groups in total. The van der Waals surface area contributed by atoms with Crippen LogP contribution in [0, 0.1) is 0 Å². The number of rotatable bonds is 11. The summed E-state index contributed by atoms with van der Waals surface area (Å²) in [6, 6.07) is 20.9. The average Bonchev–Trinajstić information content (AvgIpc) is 2.90. The molecule has 0 saturated carbocycles. The van der Waals surface area contributed by atoms with Gasteiger partial charge in [0.2, 0.25) is 11.8 Å². The van der Waals surface area contributed by atoms with Gasteiger partial charge in [0.15, 0.2) is 0 Å². The summed E-state index contributed by atoms with van der Waals surface area (Å²) in [4.78, 5) is 28.3. The molecule has 10 heteroatoms. The molecular weight excluding hydrogens is 570 g/mol. The second-order valence-corrected chi connectivity index (χ2v) is 11.8. The highest BCUT2D eigenvalue weighted by Gasteiger charge is 2.33. The first-order valence-electron chi connectivity index (χ1n) is 12.1. The van der Waals surface area contributed by atoms with E-state index in [-0.39, 0.29) is 29.1 Å². The Hall–Kier alpha value is -3.37. The van der Waals surface area contributed by atoms with Gasteiger partial charge in [-0.1, -0.05) is 58.4 Å². The van der Waals surface area contributed by atoms with Crippen molar-refractivity contribution in [3.8, 4) is 5.75 Å². The van der Waals surface area contributed by atoms with E-state index >= 15 is 0 Å². The molecule has 8 nitrogen and oxygen atoms in total. The number of benzene rings is 3. The lowest BCUT2D eigenvalue weighted by Gasteiger charge is -2.32. The Morgan fingerprint density at radius 2 is 1.61 bits per heavy atom. The molecule has 0 fully saturated rings. The molecular formula is C28H32BrN3O5S. The fourth-order valence-corrected chi connectivity index (χ4v) is 5.78. The van der Waals surface area contributed by atoms with Crippen LogP contribution >= 0.6 is 15.9 Å². The van der Waals surface area contributed by atoms with Crippen LogP contribution in [0.15, 0.2) is 88.2 Å². The third-order valence-corrected chi connectivity index (χ3v) is 8.07. The van der Waals surface area contributed by atoms with Crippen LogP contribution in [0.3, 0.4) is 0 Å². The number of anilines is 1. The summed E-state index contributed by atoms with van der Waals surface area (Å²) in [5.41, 5.74) is 1.00. The fraction of sp³-hybridized carbons (Fsp3) is 0.286. The average molecular weight is 603 g/mol. The summed E-state index contributed by atoms with van der Waals surface area (Å²) >= 11 is 3.44. The second-order valence-electron chi connectivity index (χ2n) is 8.99. The molecule has 1 atom stereocenters. The van der Waals surface area contributed by atoms with Crippen molar-refractivity contribution < 1.29 is 22.7 Å². The molecule has 0 aliphatic rings. The lowest BCUT2D eigenvalue weighted by Crippen LogP contribution is -2.52. The predicted molar refractivity (Wildman–Crippen MR) is 151 cm³/mol. The molecule has 38 heavy (non-hydrogen) atoms. The predicted octanol–water partition coefficient (Wildman–Crippen LogP) is 4.59. The molecule has 2 amide bonds. The van der Waals surface area contributed by atoms with Gasteiger partial charge in [-0.15, -0.1) is 0 Å². The monoisotopic (exact) mass is 601 g/mol. The number of para-hydroxylation sites is 2. The second kappa shape index (κ2) is 12.9. The first kappa shape index (κ1) is 29.2. The van der Waals surface area contributed by atoms with E-state index in [9.17, 15) is 18.0 Å². The van der Waals surface area contributed by atoms with E-state index in [2.05, 4.69) is 21.2 Å². The van der Waals surface area contributed by atoms with E-state index in [1.165, 1.54) is 24.1 Å². The highest BCUT2D eigenvalue weighted by atomic mass is 79.9. The molecule has 3 aromatic carbocycles. The van der Waals surface area contributed by atoms with Crippen LogP contribution in [-0.4, -0.2) is 50.9 Å². The minimum absolute atomic E-state index is 0.0304. The third kappa shape index (κ3) is 7.14. The standard InChI is InChI=1S/C28H32BrN3O5S/c1-20(2)30-28(34)21(3)31(18-22-11-10-12-23(29)17-22)27(33)19-32(25-15-8-9-16-26(25)37-4)38(35,36)24-13-6-5-7-14-24/h5-17,20-21H,18-19H2,1-4H3,(H,30,34)/t21-/m0/s1. The topological polar surface area (TPSA) is 96.0 Å². The van der Waals surface area contributed by atoms with E-state index in [0.717, 1.165) is 14.3 Å². The Morgan fingerprint density at radius 1 is 0.947 bits per heavy atom. The smallest absolute Gasteiger partial charge is 0.264 e. The molecule has 0 radical (unpaired) electrons. The van der Waals surface area contributed by atoms with Crippen molar-refractivity contribution in [3.63, 3.8) is 0 Å². The molecule has 0 saturated heterocycles. The molecule has 3 aromatic rings. The largest absolute Gasteiger partial charge is 0.495 e. The Morgan fingerprint density at radius 3 is 2.24 bits per heavy atom. The van der Waals surface area contributed by atoms with Crippen molar-refractivity contribution in [1.29, 1.82) is 0 Å². The normalized spacial score (nSPS) is 12.1. The van der Waals surface area contributed by atoms with Crippen molar-refractivity contribution in [3.05, 3.63) is 88.9 Å². The van der Waals surface area contributed by atoms with Gasteiger partial charge in [0.05, 0.1) is 17.7 Å². The van der Waals surface area contributed by atoms with Gasteiger partial charge < -0.3 is 15.0 Å². The summed E-state index contributed by atoms with van der Waals surface area (Å²) in [6.45, 7) is 4.87. The van der Waals surface area contributed by atoms with E-state index < -0.39 is 28.5 Å². The maximum absolute atomic E-state index is 13.9. The minimum atomic E-state index is -4.16. The van der Waals surface area contributed by atoms with Crippen molar-refractivity contribution in [2.24, 2.45) is 0 Å². The van der Waals surface area contributed by atoms with Crippen LogP contribution in [0.1, 0.15) is 26.3 Å². The van der Waals surface area contributed by atoms with Gasteiger partial charge >= 0.3 is 0 Å². The van der Waals surface area contributed by atoms with Crippen LogP contribution in [0.25, 0.3) is 0 Å². The number of hydrogen-bond donors (Lipinski definition) is 1. The zero-order valence-electron chi connectivity index (χ0n) is 21.8. The summed E-state index contributed by atoms with van der Waals surface area (Å²) in [7, 11) is -2.73. The lowest BCUT2D eigenvalue weighted by atomic mass is 10.1. The van der Waals surface area contributed by atoms with E-state index in [1.54, 1.807) is 49.4 Å². The van der Waals surface area contributed by atoms with Crippen molar-refractivity contribution in [2.75, 3.05) is 18.0 Å². The number of carbonyl (C=O) groups is 2. The van der Waals surface area contributed by atoms with E-state index in [1.807, 2.05) is 38.1 Å². The zero-order valence-corrected chi connectivity index (χ0v) is 24.2. The number of carbonyl (C=O) groups excluding carboxylic acids is 2. The van der Waals surface area contributed by atoms with Crippen LogP contribution < -0.4 is 14.4 Å². The maximum Gasteiger partial charge on any atom is 0.264 e. The van der Waals surface area contributed by atoms with Gasteiger partial charge in [0.1, 0.15) is 18.3 Å². The first-order valence-corrected chi connectivity index (χ1v) is 14.3. The molecule has 0 bridgehead atoms. The highest BCUT2D eigenvalue weighted by Crippen LogP contribution is 2.32. The quantitative estimate of drug-likeness (QED) is 0.347. The van der Waals surface area contributed by atoms with Crippen LogP contribution in [0.5, 0.6) is 5.75 Å². The number of nitrogens with zero attached hydrogens (tertiary/aromatic N) is 2. The highest BCUT2D eigenvalue weighted by molar-refractivity contribution is 9.10. The van der Waals surface area contributed by atoms with Gasteiger partial charge in [-0.05, 0) is 62.7 Å². The SMILES string of the molecule is COc1ccccc1N(CC(=O)N(Cc1cccc(Br)c1)[C@@H](C)C(=O)NC(C)C)S(=O)(=O)c1ccccc1. The Kier molecular flexibility index (Phi) is 9.93. The molecule has 3 rings (SSSR count). The summed E-state index contributed by atoms with van der Waals surface area (Å²) in [5, 5.41) is 2.84. The van der Waals surface area contributed by atoms with Crippen molar-refractivity contribution >= 4 is 43.5 Å². The number of ether oxygens (including phenoxy) is 1. The summed E-state index contributed by atoms with van der Waals surface area (Å²) < 4.78 is 34.9. The first-order chi connectivity index (χ1) is 18.0.